The normalized spacial score (nSPS) is 10.2. The Morgan fingerprint density at radius 2 is 1.68 bits per heavy atom. The first-order valence-corrected chi connectivity index (χ1v) is 9.00. The summed E-state index contributed by atoms with van der Waals surface area (Å²) in [6.45, 7) is 3.98. The van der Waals surface area contributed by atoms with Crippen LogP contribution < -0.4 is 10.1 Å². The van der Waals surface area contributed by atoms with Gasteiger partial charge in [-0.15, -0.1) is 0 Å². The van der Waals surface area contributed by atoms with Gasteiger partial charge in [0.15, 0.2) is 5.78 Å². The number of amides is 1. The summed E-state index contributed by atoms with van der Waals surface area (Å²) in [6.07, 6.45) is 1.65. The van der Waals surface area contributed by atoms with Gasteiger partial charge < -0.3 is 10.1 Å². The van der Waals surface area contributed by atoms with E-state index in [2.05, 4.69) is 11.9 Å². The molecular formula is C23H18ClNO3. The summed E-state index contributed by atoms with van der Waals surface area (Å²) in [5, 5.41) is 3.21. The Bertz CT molecular complexity index is 998. The Labute approximate surface area is 168 Å². The van der Waals surface area contributed by atoms with Crippen LogP contribution in [0, 0.1) is 0 Å². The maximum absolute atomic E-state index is 12.8. The average molecular weight is 392 g/mol. The van der Waals surface area contributed by atoms with Crippen molar-refractivity contribution in [2.45, 2.75) is 0 Å². The molecule has 0 unspecified atom stereocenters. The molecule has 0 aliphatic heterocycles. The third-order valence-corrected chi connectivity index (χ3v) is 4.23. The number of hydrogen-bond acceptors (Lipinski definition) is 3. The van der Waals surface area contributed by atoms with Crippen LogP contribution in [-0.2, 0) is 0 Å². The number of ketones is 1. The lowest BCUT2D eigenvalue weighted by molar-refractivity contribution is 0.102. The van der Waals surface area contributed by atoms with E-state index < -0.39 is 0 Å². The molecule has 0 aromatic heterocycles. The standard InChI is InChI=1S/C23H18ClNO3/c1-2-14-28-19-11-8-17(9-12-19)23(27)25-21-13-10-18(24)15-20(21)22(26)16-6-4-3-5-7-16/h2-13,15H,1,14H2,(H,25,27). The van der Waals surface area contributed by atoms with E-state index >= 15 is 0 Å². The zero-order valence-electron chi connectivity index (χ0n) is 15.0. The summed E-state index contributed by atoms with van der Waals surface area (Å²) in [4.78, 5) is 25.5. The topological polar surface area (TPSA) is 55.4 Å². The molecule has 5 heteroatoms. The van der Waals surface area contributed by atoms with Crippen LogP contribution in [0.3, 0.4) is 0 Å². The summed E-state index contributed by atoms with van der Waals surface area (Å²) >= 11 is 6.08. The van der Waals surface area contributed by atoms with Gasteiger partial charge in [-0.3, -0.25) is 9.59 Å². The quantitative estimate of drug-likeness (QED) is 0.434. The number of anilines is 1. The molecule has 0 heterocycles. The van der Waals surface area contributed by atoms with E-state index in [1.54, 1.807) is 72.8 Å². The van der Waals surface area contributed by atoms with E-state index in [1.165, 1.54) is 0 Å². The van der Waals surface area contributed by atoms with Gasteiger partial charge in [-0.1, -0.05) is 54.6 Å². The van der Waals surface area contributed by atoms with Crippen molar-refractivity contribution in [3.05, 3.63) is 107 Å². The Hall–Kier alpha value is -3.37. The molecule has 0 saturated carbocycles. The first-order chi connectivity index (χ1) is 13.6. The van der Waals surface area contributed by atoms with Crippen LogP contribution in [0.2, 0.25) is 5.02 Å². The molecule has 1 N–H and O–H groups in total. The second kappa shape index (κ2) is 9.02. The maximum Gasteiger partial charge on any atom is 0.255 e. The van der Waals surface area contributed by atoms with Gasteiger partial charge in [0, 0.05) is 21.7 Å². The van der Waals surface area contributed by atoms with Crippen LogP contribution in [0.1, 0.15) is 26.3 Å². The monoisotopic (exact) mass is 391 g/mol. The lowest BCUT2D eigenvalue weighted by Gasteiger charge is -2.12. The van der Waals surface area contributed by atoms with Gasteiger partial charge in [0.05, 0.1) is 5.69 Å². The number of carbonyl (C=O) groups excluding carboxylic acids is 2. The number of rotatable bonds is 7. The number of carbonyl (C=O) groups is 2. The van der Waals surface area contributed by atoms with Crippen LogP contribution in [-0.4, -0.2) is 18.3 Å². The molecule has 0 spiro atoms. The summed E-state index contributed by atoms with van der Waals surface area (Å²) in [7, 11) is 0. The minimum atomic E-state index is -0.334. The second-order valence-corrected chi connectivity index (χ2v) is 6.40. The third kappa shape index (κ3) is 4.67. The van der Waals surface area contributed by atoms with E-state index in [-0.39, 0.29) is 11.7 Å². The Morgan fingerprint density at radius 3 is 2.36 bits per heavy atom. The number of halogens is 1. The maximum atomic E-state index is 12.8. The van der Waals surface area contributed by atoms with Crippen LogP contribution in [0.4, 0.5) is 5.69 Å². The zero-order chi connectivity index (χ0) is 19.9. The molecule has 0 atom stereocenters. The SMILES string of the molecule is C=CCOc1ccc(C(=O)Nc2ccc(Cl)cc2C(=O)c2ccccc2)cc1. The van der Waals surface area contributed by atoms with E-state index in [1.807, 2.05) is 6.07 Å². The van der Waals surface area contributed by atoms with Gasteiger partial charge >= 0.3 is 0 Å². The fourth-order valence-corrected chi connectivity index (χ4v) is 2.78. The lowest BCUT2D eigenvalue weighted by Crippen LogP contribution is -2.15. The molecule has 0 aliphatic carbocycles. The van der Waals surface area contributed by atoms with Crippen molar-refractivity contribution >= 4 is 29.0 Å². The van der Waals surface area contributed by atoms with Gasteiger partial charge in [-0.25, -0.2) is 0 Å². The van der Waals surface area contributed by atoms with Gasteiger partial charge in [0.25, 0.3) is 5.91 Å². The highest BCUT2D eigenvalue weighted by Gasteiger charge is 2.16. The summed E-state index contributed by atoms with van der Waals surface area (Å²) < 4.78 is 5.41. The number of hydrogen-bond donors (Lipinski definition) is 1. The van der Waals surface area contributed by atoms with Crippen LogP contribution in [0.15, 0.2) is 85.5 Å². The smallest absolute Gasteiger partial charge is 0.255 e. The van der Waals surface area contributed by atoms with Crippen molar-refractivity contribution in [1.82, 2.24) is 0 Å². The van der Waals surface area contributed by atoms with Crippen molar-refractivity contribution in [3.8, 4) is 5.75 Å². The Morgan fingerprint density at radius 1 is 0.964 bits per heavy atom. The zero-order valence-corrected chi connectivity index (χ0v) is 15.8. The van der Waals surface area contributed by atoms with Crippen molar-refractivity contribution in [1.29, 1.82) is 0 Å². The molecule has 0 aliphatic rings. The Kier molecular flexibility index (Phi) is 6.25. The van der Waals surface area contributed by atoms with E-state index in [9.17, 15) is 9.59 Å². The van der Waals surface area contributed by atoms with Crippen molar-refractivity contribution in [3.63, 3.8) is 0 Å². The van der Waals surface area contributed by atoms with Crippen LogP contribution in [0.25, 0.3) is 0 Å². The molecular weight excluding hydrogens is 374 g/mol. The van der Waals surface area contributed by atoms with E-state index in [0.717, 1.165) is 0 Å². The van der Waals surface area contributed by atoms with Crippen LogP contribution >= 0.6 is 11.6 Å². The number of benzene rings is 3. The molecule has 140 valence electrons. The first-order valence-electron chi connectivity index (χ1n) is 8.63. The Balaban J connectivity index is 1.83. The molecule has 28 heavy (non-hydrogen) atoms. The van der Waals surface area contributed by atoms with Gasteiger partial charge in [0.2, 0.25) is 0 Å². The molecule has 0 radical (unpaired) electrons. The molecule has 3 aromatic rings. The highest BCUT2D eigenvalue weighted by atomic mass is 35.5. The number of nitrogens with one attached hydrogen (secondary N) is 1. The predicted octanol–water partition coefficient (Wildman–Crippen LogP) is 5.39. The third-order valence-electron chi connectivity index (χ3n) is 3.99. The van der Waals surface area contributed by atoms with Gasteiger partial charge in [0.1, 0.15) is 12.4 Å². The van der Waals surface area contributed by atoms with Crippen molar-refractivity contribution < 1.29 is 14.3 Å². The van der Waals surface area contributed by atoms with Gasteiger partial charge in [-0.2, -0.15) is 0 Å². The van der Waals surface area contributed by atoms with E-state index in [0.29, 0.717) is 39.8 Å². The summed E-state index contributed by atoms with van der Waals surface area (Å²) in [5.41, 5.74) is 1.69. The molecule has 0 saturated heterocycles. The van der Waals surface area contributed by atoms with Gasteiger partial charge in [-0.05, 0) is 42.5 Å². The highest BCUT2D eigenvalue weighted by Crippen LogP contribution is 2.24. The fourth-order valence-electron chi connectivity index (χ4n) is 2.61. The second-order valence-electron chi connectivity index (χ2n) is 5.96. The number of ether oxygens (including phenoxy) is 1. The average Bonchev–Trinajstić information content (AvgIpc) is 2.74. The molecule has 0 bridgehead atoms. The van der Waals surface area contributed by atoms with Crippen LogP contribution in [0.5, 0.6) is 5.75 Å². The summed E-state index contributed by atoms with van der Waals surface area (Å²) in [5.74, 6) is 0.0918. The molecule has 3 rings (SSSR count). The van der Waals surface area contributed by atoms with E-state index in [4.69, 9.17) is 16.3 Å². The molecule has 4 nitrogen and oxygen atoms in total. The minimum Gasteiger partial charge on any atom is -0.490 e. The largest absolute Gasteiger partial charge is 0.490 e. The molecule has 1 amide bonds. The lowest BCUT2D eigenvalue weighted by atomic mass is 10.0. The fraction of sp³-hybridized carbons (Fsp3) is 0.0435. The highest BCUT2D eigenvalue weighted by molar-refractivity contribution is 6.31. The predicted molar refractivity (Wildman–Crippen MR) is 111 cm³/mol. The first kappa shape index (κ1) is 19.4. The van der Waals surface area contributed by atoms with Crippen molar-refractivity contribution in [2.24, 2.45) is 0 Å². The molecule has 0 fully saturated rings. The summed E-state index contributed by atoms with van der Waals surface area (Å²) in [6, 6.07) is 20.4. The van der Waals surface area contributed by atoms with Crippen molar-refractivity contribution in [2.75, 3.05) is 11.9 Å². The molecule has 3 aromatic carbocycles. The minimum absolute atomic E-state index is 0.216.